The Balaban J connectivity index is 2.47. The van der Waals surface area contributed by atoms with Crippen molar-refractivity contribution in [2.75, 3.05) is 13.2 Å². The van der Waals surface area contributed by atoms with Crippen molar-refractivity contribution in [2.45, 2.75) is 40.2 Å². The monoisotopic (exact) mass is 223 g/mol. The maximum absolute atomic E-state index is 10.8. The van der Waals surface area contributed by atoms with Crippen LogP contribution in [0.15, 0.2) is 6.07 Å². The number of carbonyl (C=O) groups is 1. The second-order valence-corrected chi connectivity index (χ2v) is 4.06. The molecule has 0 unspecified atom stereocenters. The zero-order valence-corrected chi connectivity index (χ0v) is 10.5. The average molecular weight is 223 g/mol. The molecule has 1 aromatic heterocycles. The van der Waals surface area contributed by atoms with Crippen molar-refractivity contribution in [3.63, 3.8) is 0 Å². The first kappa shape index (κ1) is 13.0. The number of aromatic nitrogens is 1. The highest BCUT2D eigenvalue weighted by Gasteiger charge is 2.07. The number of nitrogens with zero attached hydrogens (tertiary/aromatic N) is 1. The molecule has 16 heavy (non-hydrogen) atoms. The van der Waals surface area contributed by atoms with Gasteiger partial charge in [0.1, 0.15) is 0 Å². The predicted octanol–water partition coefficient (Wildman–Crippen LogP) is 2.73. The number of carbonyl (C=O) groups excluding carboxylic acids is 1. The van der Waals surface area contributed by atoms with Crippen LogP contribution in [0.25, 0.3) is 0 Å². The molecule has 0 aliphatic heterocycles. The molecule has 0 radical (unpaired) electrons. The van der Waals surface area contributed by atoms with Crippen LogP contribution < -0.4 is 0 Å². The lowest BCUT2D eigenvalue weighted by Gasteiger charge is -2.09. The van der Waals surface area contributed by atoms with E-state index in [1.165, 1.54) is 0 Å². The Morgan fingerprint density at radius 1 is 1.38 bits per heavy atom. The Kier molecular flexibility index (Phi) is 5.26. The fraction of sp³-hybridized carbons (Fsp3) is 0.615. The molecule has 0 fully saturated rings. The topological polar surface area (TPSA) is 31.2 Å². The number of ether oxygens (including phenoxy) is 1. The van der Waals surface area contributed by atoms with Gasteiger partial charge in [-0.05, 0) is 32.8 Å². The molecule has 0 aliphatic carbocycles. The molecule has 0 saturated carbocycles. The Bertz CT molecular complexity index is 342. The number of rotatable bonds is 7. The van der Waals surface area contributed by atoms with Crippen LogP contribution >= 0.6 is 0 Å². The third-order valence-corrected chi connectivity index (χ3v) is 2.76. The van der Waals surface area contributed by atoms with Gasteiger partial charge in [-0.1, -0.05) is 6.92 Å². The van der Waals surface area contributed by atoms with Crippen LogP contribution in [-0.4, -0.2) is 24.1 Å². The summed E-state index contributed by atoms with van der Waals surface area (Å²) >= 11 is 0. The molecule has 1 heterocycles. The first-order valence-electron chi connectivity index (χ1n) is 5.90. The van der Waals surface area contributed by atoms with Crippen molar-refractivity contribution in [1.82, 2.24) is 4.57 Å². The highest BCUT2D eigenvalue weighted by molar-refractivity contribution is 5.77. The summed E-state index contributed by atoms with van der Waals surface area (Å²) in [6.45, 7) is 8.69. The first-order valence-corrected chi connectivity index (χ1v) is 5.90. The molecular formula is C13H21NO2. The van der Waals surface area contributed by atoms with Crippen LogP contribution in [-0.2, 0) is 11.3 Å². The van der Waals surface area contributed by atoms with Gasteiger partial charge >= 0.3 is 0 Å². The summed E-state index contributed by atoms with van der Waals surface area (Å²) in [5.74, 6) is 0. The fourth-order valence-electron chi connectivity index (χ4n) is 1.86. The van der Waals surface area contributed by atoms with Crippen molar-refractivity contribution in [3.05, 3.63) is 23.0 Å². The molecular weight excluding hydrogens is 202 g/mol. The maximum Gasteiger partial charge on any atom is 0.151 e. The Morgan fingerprint density at radius 3 is 2.69 bits per heavy atom. The molecule has 0 N–H and O–H groups in total. The van der Waals surface area contributed by atoms with Gasteiger partial charge in [0.2, 0.25) is 0 Å². The van der Waals surface area contributed by atoms with E-state index in [0.717, 1.165) is 55.8 Å². The van der Waals surface area contributed by atoms with Crippen molar-refractivity contribution in [1.29, 1.82) is 0 Å². The second-order valence-electron chi connectivity index (χ2n) is 4.06. The minimum absolute atomic E-state index is 0.793. The third-order valence-electron chi connectivity index (χ3n) is 2.76. The molecule has 1 aromatic rings. The van der Waals surface area contributed by atoms with Gasteiger partial charge in [-0.3, -0.25) is 4.79 Å². The number of hydrogen-bond donors (Lipinski definition) is 0. The van der Waals surface area contributed by atoms with E-state index < -0.39 is 0 Å². The van der Waals surface area contributed by atoms with Crippen molar-refractivity contribution in [2.24, 2.45) is 0 Å². The van der Waals surface area contributed by atoms with Crippen LogP contribution in [0.3, 0.4) is 0 Å². The summed E-state index contributed by atoms with van der Waals surface area (Å²) in [5.41, 5.74) is 3.00. The van der Waals surface area contributed by atoms with E-state index in [0.29, 0.717) is 0 Å². The Hall–Kier alpha value is -1.09. The normalized spacial score (nSPS) is 10.7. The summed E-state index contributed by atoms with van der Waals surface area (Å²) in [6, 6.07) is 1.94. The molecule has 0 saturated heterocycles. The predicted molar refractivity (Wildman–Crippen MR) is 65.0 cm³/mol. The summed E-state index contributed by atoms with van der Waals surface area (Å²) in [4.78, 5) is 10.8. The Morgan fingerprint density at radius 2 is 2.12 bits per heavy atom. The minimum Gasteiger partial charge on any atom is -0.381 e. The lowest BCUT2D eigenvalue weighted by molar-refractivity contribution is 0.112. The van der Waals surface area contributed by atoms with Crippen molar-refractivity contribution in [3.8, 4) is 0 Å². The molecule has 0 atom stereocenters. The van der Waals surface area contributed by atoms with E-state index in [2.05, 4.69) is 11.5 Å². The fourth-order valence-corrected chi connectivity index (χ4v) is 1.86. The molecule has 1 rings (SSSR count). The van der Waals surface area contributed by atoms with Crippen LogP contribution in [0.1, 0.15) is 41.5 Å². The van der Waals surface area contributed by atoms with E-state index in [1.807, 2.05) is 19.9 Å². The first-order chi connectivity index (χ1) is 7.70. The highest BCUT2D eigenvalue weighted by Crippen LogP contribution is 2.13. The van der Waals surface area contributed by atoms with E-state index in [1.54, 1.807) is 0 Å². The van der Waals surface area contributed by atoms with Crippen LogP contribution in [0.4, 0.5) is 0 Å². The summed E-state index contributed by atoms with van der Waals surface area (Å²) in [6.07, 6.45) is 2.98. The quantitative estimate of drug-likeness (QED) is 0.525. The zero-order chi connectivity index (χ0) is 12.0. The molecule has 3 heteroatoms. The van der Waals surface area contributed by atoms with Crippen LogP contribution in [0.5, 0.6) is 0 Å². The van der Waals surface area contributed by atoms with Crippen molar-refractivity contribution < 1.29 is 9.53 Å². The standard InChI is InChI=1S/C13H21NO2/c1-4-7-16-8-5-6-14-11(2)9-13(10-15)12(14)3/h9-10H,4-8H2,1-3H3. The number of hydrogen-bond acceptors (Lipinski definition) is 2. The lowest BCUT2D eigenvalue weighted by atomic mass is 10.3. The smallest absolute Gasteiger partial charge is 0.151 e. The molecule has 0 bridgehead atoms. The molecule has 90 valence electrons. The Labute approximate surface area is 97.4 Å². The van der Waals surface area contributed by atoms with Gasteiger partial charge in [-0.15, -0.1) is 0 Å². The van der Waals surface area contributed by atoms with Gasteiger partial charge in [0, 0.05) is 36.7 Å². The van der Waals surface area contributed by atoms with E-state index in [-0.39, 0.29) is 0 Å². The van der Waals surface area contributed by atoms with Gasteiger partial charge in [0.25, 0.3) is 0 Å². The van der Waals surface area contributed by atoms with Gasteiger partial charge in [0.05, 0.1) is 0 Å². The molecule has 0 amide bonds. The molecule has 0 aliphatic rings. The SMILES string of the molecule is CCCOCCCn1c(C)cc(C=O)c1C. The largest absolute Gasteiger partial charge is 0.381 e. The number of aldehydes is 1. The second kappa shape index (κ2) is 6.48. The summed E-state index contributed by atoms with van der Waals surface area (Å²) < 4.78 is 7.61. The van der Waals surface area contributed by atoms with Crippen LogP contribution in [0.2, 0.25) is 0 Å². The average Bonchev–Trinajstić information content (AvgIpc) is 2.55. The van der Waals surface area contributed by atoms with Gasteiger partial charge < -0.3 is 9.30 Å². The van der Waals surface area contributed by atoms with Gasteiger partial charge in [-0.2, -0.15) is 0 Å². The van der Waals surface area contributed by atoms with Crippen LogP contribution in [0, 0.1) is 13.8 Å². The molecule has 0 spiro atoms. The van der Waals surface area contributed by atoms with Gasteiger partial charge in [0.15, 0.2) is 6.29 Å². The van der Waals surface area contributed by atoms with E-state index in [9.17, 15) is 4.79 Å². The molecule has 3 nitrogen and oxygen atoms in total. The highest BCUT2D eigenvalue weighted by atomic mass is 16.5. The maximum atomic E-state index is 10.8. The van der Waals surface area contributed by atoms with Gasteiger partial charge in [-0.25, -0.2) is 0 Å². The van der Waals surface area contributed by atoms with Crippen molar-refractivity contribution >= 4 is 6.29 Å². The van der Waals surface area contributed by atoms with E-state index in [4.69, 9.17) is 4.74 Å². The third kappa shape index (κ3) is 3.20. The molecule has 0 aromatic carbocycles. The number of aryl methyl sites for hydroxylation is 1. The minimum atomic E-state index is 0.793. The summed E-state index contributed by atoms with van der Waals surface area (Å²) in [5, 5.41) is 0. The zero-order valence-electron chi connectivity index (χ0n) is 10.5. The van der Waals surface area contributed by atoms with E-state index >= 15 is 0 Å². The lowest BCUT2D eigenvalue weighted by Crippen LogP contribution is -2.06. The summed E-state index contributed by atoms with van der Waals surface area (Å²) in [7, 11) is 0.